The summed E-state index contributed by atoms with van der Waals surface area (Å²) in [6.07, 6.45) is 0. The molecule has 1 aromatic rings. The van der Waals surface area contributed by atoms with Crippen molar-refractivity contribution in [2.75, 3.05) is 5.75 Å². The largest absolute Gasteiger partial charge is 0.282 e. The molecule has 0 fully saturated rings. The van der Waals surface area contributed by atoms with E-state index in [9.17, 15) is 29.8 Å². The lowest BCUT2D eigenvalue weighted by Crippen LogP contribution is -2.09. The number of halogens is 1. The van der Waals surface area contributed by atoms with Gasteiger partial charge < -0.3 is 0 Å². The van der Waals surface area contributed by atoms with E-state index in [0.717, 1.165) is 30.0 Å². The lowest BCUT2D eigenvalue weighted by atomic mass is 10.2. The van der Waals surface area contributed by atoms with Gasteiger partial charge in [-0.15, -0.1) is 0 Å². The monoisotopic (exact) mass is 332 g/mol. The summed E-state index contributed by atoms with van der Waals surface area (Å²) in [6, 6.07) is 2.68. The Kier molecular flexibility index (Phi) is 5.79. The molecular formula is C11H9ClN2O6S. The molecule has 0 N–H and O–H groups in total. The van der Waals surface area contributed by atoms with Gasteiger partial charge in [-0.2, -0.15) is 0 Å². The molecule has 8 nitrogen and oxygen atoms in total. The molecule has 0 aliphatic carbocycles. The standard InChI is InChI=1S/C11H9ClN2O6S/c1-6(10(12)15)5-21-11(16)7-2-8(13(17)18)4-9(3-7)14(19)20/h2-4,6H,5H2,1H3. The number of nitro benzene ring substituents is 2. The van der Waals surface area contributed by atoms with E-state index in [-0.39, 0.29) is 11.3 Å². The van der Waals surface area contributed by atoms with Crippen LogP contribution in [0.15, 0.2) is 18.2 Å². The summed E-state index contributed by atoms with van der Waals surface area (Å²) >= 11 is 5.97. The van der Waals surface area contributed by atoms with Gasteiger partial charge in [-0.25, -0.2) is 0 Å². The lowest BCUT2D eigenvalue weighted by Gasteiger charge is -2.05. The number of non-ortho nitro benzene ring substituents is 2. The average Bonchev–Trinajstić information content (AvgIpc) is 2.43. The Labute approximate surface area is 127 Å². The van der Waals surface area contributed by atoms with Gasteiger partial charge in [0.05, 0.1) is 15.9 Å². The predicted molar refractivity (Wildman–Crippen MR) is 76.6 cm³/mol. The van der Waals surface area contributed by atoms with Crippen LogP contribution in [0.4, 0.5) is 11.4 Å². The van der Waals surface area contributed by atoms with E-state index in [1.54, 1.807) is 0 Å². The van der Waals surface area contributed by atoms with Crippen LogP contribution in [-0.4, -0.2) is 26.0 Å². The average molecular weight is 333 g/mol. The summed E-state index contributed by atoms with van der Waals surface area (Å²) in [5.41, 5.74) is -1.26. The second kappa shape index (κ2) is 7.14. The van der Waals surface area contributed by atoms with Crippen molar-refractivity contribution >= 4 is 45.1 Å². The van der Waals surface area contributed by atoms with E-state index in [1.807, 2.05) is 0 Å². The van der Waals surface area contributed by atoms with Crippen molar-refractivity contribution < 1.29 is 19.4 Å². The Morgan fingerprint density at radius 2 is 1.67 bits per heavy atom. The van der Waals surface area contributed by atoms with Gasteiger partial charge in [0.2, 0.25) is 10.4 Å². The molecule has 1 unspecified atom stereocenters. The van der Waals surface area contributed by atoms with Crippen LogP contribution in [0.25, 0.3) is 0 Å². The van der Waals surface area contributed by atoms with Gasteiger partial charge in [0, 0.05) is 29.4 Å². The maximum atomic E-state index is 11.9. The van der Waals surface area contributed by atoms with Crippen LogP contribution in [0.5, 0.6) is 0 Å². The van der Waals surface area contributed by atoms with Crippen molar-refractivity contribution in [3.05, 3.63) is 44.0 Å². The van der Waals surface area contributed by atoms with Crippen LogP contribution in [0, 0.1) is 26.1 Å². The quantitative estimate of drug-likeness (QED) is 0.446. The minimum absolute atomic E-state index is 0.0810. The summed E-state index contributed by atoms with van der Waals surface area (Å²) in [7, 11) is 0. The van der Waals surface area contributed by atoms with Crippen molar-refractivity contribution in [2.24, 2.45) is 5.92 Å². The van der Waals surface area contributed by atoms with Gasteiger partial charge >= 0.3 is 0 Å². The SMILES string of the molecule is CC(CSC(=O)c1cc([N+](=O)[O-])cc([N+](=O)[O-])c1)C(=O)Cl. The first-order valence-electron chi connectivity index (χ1n) is 5.52. The fourth-order valence-corrected chi connectivity index (χ4v) is 2.28. The molecular weight excluding hydrogens is 324 g/mol. The first kappa shape index (κ1) is 17.1. The first-order chi connectivity index (χ1) is 9.72. The lowest BCUT2D eigenvalue weighted by molar-refractivity contribution is -0.394. The molecule has 0 heterocycles. The molecule has 21 heavy (non-hydrogen) atoms. The Balaban J connectivity index is 3.00. The van der Waals surface area contributed by atoms with Crippen LogP contribution < -0.4 is 0 Å². The summed E-state index contributed by atoms with van der Waals surface area (Å²) in [6.45, 7) is 1.52. The summed E-state index contributed by atoms with van der Waals surface area (Å²) in [5, 5.41) is 20.2. The minimum Gasteiger partial charge on any atom is -0.282 e. The fourth-order valence-electron chi connectivity index (χ4n) is 1.27. The topological polar surface area (TPSA) is 120 Å². The number of thioether (sulfide) groups is 1. The van der Waals surface area contributed by atoms with E-state index in [4.69, 9.17) is 11.6 Å². The van der Waals surface area contributed by atoms with E-state index in [2.05, 4.69) is 0 Å². The Morgan fingerprint density at radius 3 is 2.05 bits per heavy atom. The molecule has 1 rings (SSSR count). The van der Waals surface area contributed by atoms with Crippen molar-refractivity contribution in [1.29, 1.82) is 0 Å². The molecule has 0 bridgehead atoms. The van der Waals surface area contributed by atoms with Crippen LogP contribution in [0.3, 0.4) is 0 Å². The minimum atomic E-state index is -0.820. The number of rotatable bonds is 6. The zero-order chi connectivity index (χ0) is 16.2. The van der Waals surface area contributed by atoms with Crippen LogP contribution >= 0.6 is 23.4 Å². The number of nitrogens with zero attached hydrogens (tertiary/aromatic N) is 2. The molecule has 0 amide bonds. The Hall–Kier alpha value is -2.00. The summed E-state index contributed by atoms with van der Waals surface area (Å²) < 4.78 is 0. The molecule has 0 aromatic heterocycles. The number of nitro groups is 2. The number of benzene rings is 1. The normalized spacial score (nSPS) is 11.7. The molecule has 0 spiro atoms. The van der Waals surface area contributed by atoms with Gasteiger partial charge in [0.15, 0.2) is 0 Å². The third-order valence-corrected chi connectivity index (χ3v) is 3.95. The van der Waals surface area contributed by atoms with E-state index < -0.39 is 37.5 Å². The Bertz CT molecular complexity index is 588. The molecule has 112 valence electrons. The van der Waals surface area contributed by atoms with E-state index >= 15 is 0 Å². The number of hydrogen-bond donors (Lipinski definition) is 0. The second-order valence-electron chi connectivity index (χ2n) is 4.06. The van der Waals surface area contributed by atoms with Gasteiger partial charge in [0.25, 0.3) is 11.4 Å². The molecule has 0 aliphatic heterocycles. The predicted octanol–water partition coefficient (Wildman–Crippen LogP) is 2.78. The number of carbonyl (C=O) groups excluding carboxylic acids is 2. The zero-order valence-corrected chi connectivity index (χ0v) is 12.2. The molecule has 10 heteroatoms. The maximum absolute atomic E-state index is 11.9. The third-order valence-electron chi connectivity index (χ3n) is 2.41. The second-order valence-corrected chi connectivity index (χ2v) is 5.42. The highest BCUT2D eigenvalue weighted by Gasteiger charge is 2.21. The summed E-state index contributed by atoms with van der Waals surface area (Å²) in [4.78, 5) is 42.5. The van der Waals surface area contributed by atoms with Crippen LogP contribution in [0.2, 0.25) is 0 Å². The molecule has 1 atom stereocenters. The number of carbonyl (C=O) groups is 2. The third kappa shape index (κ3) is 4.80. The van der Waals surface area contributed by atoms with Gasteiger partial charge in [-0.1, -0.05) is 18.7 Å². The molecule has 0 radical (unpaired) electrons. The van der Waals surface area contributed by atoms with Gasteiger partial charge in [-0.05, 0) is 11.6 Å². The first-order valence-corrected chi connectivity index (χ1v) is 6.89. The maximum Gasteiger partial charge on any atom is 0.277 e. The number of hydrogen-bond acceptors (Lipinski definition) is 7. The highest BCUT2D eigenvalue weighted by Crippen LogP contribution is 2.26. The fraction of sp³-hybridized carbons (Fsp3) is 0.273. The highest BCUT2D eigenvalue weighted by atomic mass is 35.5. The van der Waals surface area contributed by atoms with Gasteiger partial charge in [0.1, 0.15) is 0 Å². The Morgan fingerprint density at radius 1 is 1.19 bits per heavy atom. The van der Waals surface area contributed by atoms with Crippen molar-refractivity contribution in [3.63, 3.8) is 0 Å². The zero-order valence-electron chi connectivity index (χ0n) is 10.6. The molecule has 0 saturated heterocycles. The smallest absolute Gasteiger partial charge is 0.277 e. The van der Waals surface area contributed by atoms with Crippen molar-refractivity contribution in [1.82, 2.24) is 0 Å². The molecule has 1 aromatic carbocycles. The molecule has 0 aliphatic rings. The van der Waals surface area contributed by atoms with E-state index in [0.29, 0.717) is 0 Å². The van der Waals surface area contributed by atoms with Crippen LogP contribution in [0.1, 0.15) is 17.3 Å². The highest BCUT2D eigenvalue weighted by molar-refractivity contribution is 8.14. The van der Waals surface area contributed by atoms with Crippen molar-refractivity contribution in [3.8, 4) is 0 Å². The van der Waals surface area contributed by atoms with Gasteiger partial charge in [-0.3, -0.25) is 29.8 Å². The van der Waals surface area contributed by atoms with Crippen molar-refractivity contribution in [2.45, 2.75) is 6.92 Å². The summed E-state index contributed by atoms with van der Waals surface area (Å²) in [5.74, 6) is -0.494. The van der Waals surface area contributed by atoms with Crippen LogP contribution in [-0.2, 0) is 4.79 Å². The van der Waals surface area contributed by atoms with E-state index in [1.165, 1.54) is 6.92 Å². The molecule has 0 saturated carbocycles.